The molecule has 3 rings (SSSR count). The van der Waals surface area contributed by atoms with Crippen LogP contribution in [0, 0.1) is 6.92 Å². The second-order valence-electron chi connectivity index (χ2n) is 6.12. The minimum Gasteiger partial charge on any atom is -0.484 e. The first kappa shape index (κ1) is 16.0. The maximum absolute atomic E-state index is 6.46. The Bertz CT molecular complexity index is 773. The van der Waals surface area contributed by atoms with Gasteiger partial charge >= 0.3 is 0 Å². The molecule has 0 spiro atoms. The Kier molecular flexibility index (Phi) is 4.99. The molecule has 0 aliphatic rings. The van der Waals surface area contributed by atoms with Crippen molar-refractivity contribution in [2.75, 3.05) is 20.6 Å². The number of ether oxygens (including phenoxy) is 1. The molecule has 3 aromatic rings. The molecule has 0 radical (unpaired) electrons. The molecule has 0 fully saturated rings. The van der Waals surface area contributed by atoms with Gasteiger partial charge in [0.15, 0.2) is 0 Å². The number of hydrogen-bond acceptors (Lipinski definition) is 3. The molecule has 1 unspecified atom stereocenters. The van der Waals surface area contributed by atoms with Gasteiger partial charge in [0.05, 0.1) is 0 Å². The molecule has 0 saturated heterocycles. The van der Waals surface area contributed by atoms with Gasteiger partial charge in [-0.2, -0.15) is 0 Å². The standard InChI is InChI=1S/C20H23NOS/c1-15-11-12-20(23-15)19(13-14-21(2)3)22-18-10-6-8-16-7-4-5-9-17(16)18/h4-12,19H,13-14H2,1-3H3. The second kappa shape index (κ2) is 7.16. The zero-order chi connectivity index (χ0) is 16.2. The highest BCUT2D eigenvalue weighted by Crippen LogP contribution is 2.33. The highest BCUT2D eigenvalue weighted by molar-refractivity contribution is 7.12. The lowest BCUT2D eigenvalue weighted by molar-refractivity contribution is 0.185. The first-order valence-corrected chi connectivity index (χ1v) is 8.80. The van der Waals surface area contributed by atoms with Crippen LogP contribution in [-0.2, 0) is 0 Å². The highest BCUT2D eigenvalue weighted by atomic mass is 32.1. The maximum Gasteiger partial charge on any atom is 0.134 e. The normalized spacial score (nSPS) is 12.7. The van der Waals surface area contributed by atoms with Crippen molar-refractivity contribution < 1.29 is 4.74 Å². The van der Waals surface area contributed by atoms with Crippen molar-refractivity contribution in [3.05, 3.63) is 64.4 Å². The molecule has 0 bridgehead atoms. The van der Waals surface area contributed by atoms with Gasteiger partial charge in [-0.3, -0.25) is 0 Å². The zero-order valence-corrected chi connectivity index (χ0v) is 14.8. The predicted molar refractivity (Wildman–Crippen MR) is 99.5 cm³/mol. The minimum absolute atomic E-state index is 0.0990. The van der Waals surface area contributed by atoms with Crippen molar-refractivity contribution in [2.45, 2.75) is 19.4 Å². The summed E-state index contributed by atoms with van der Waals surface area (Å²) >= 11 is 1.83. The Hall–Kier alpha value is -1.84. The molecule has 120 valence electrons. The summed E-state index contributed by atoms with van der Waals surface area (Å²) in [6.45, 7) is 3.15. The largest absolute Gasteiger partial charge is 0.484 e. The van der Waals surface area contributed by atoms with E-state index in [9.17, 15) is 0 Å². The molecule has 2 aromatic carbocycles. The van der Waals surface area contributed by atoms with E-state index in [1.54, 1.807) is 0 Å². The van der Waals surface area contributed by atoms with E-state index in [0.717, 1.165) is 18.7 Å². The monoisotopic (exact) mass is 325 g/mol. The van der Waals surface area contributed by atoms with E-state index >= 15 is 0 Å². The molecule has 0 aliphatic carbocycles. The van der Waals surface area contributed by atoms with Crippen LogP contribution in [0.1, 0.15) is 22.3 Å². The molecule has 1 aromatic heterocycles. The molecular weight excluding hydrogens is 302 g/mol. The van der Waals surface area contributed by atoms with E-state index in [4.69, 9.17) is 4.74 Å². The van der Waals surface area contributed by atoms with Crippen molar-refractivity contribution in [2.24, 2.45) is 0 Å². The van der Waals surface area contributed by atoms with Gasteiger partial charge in [-0.1, -0.05) is 36.4 Å². The molecule has 2 nitrogen and oxygen atoms in total. The van der Waals surface area contributed by atoms with Crippen molar-refractivity contribution in [3.8, 4) is 5.75 Å². The lowest BCUT2D eigenvalue weighted by Gasteiger charge is -2.21. The summed E-state index contributed by atoms with van der Waals surface area (Å²) in [7, 11) is 4.21. The third-order valence-corrected chi connectivity index (χ3v) is 5.03. The smallest absolute Gasteiger partial charge is 0.134 e. The predicted octanol–water partition coefficient (Wildman–Crippen LogP) is 5.28. The van der Waals surface area contributed by atoms with Crippen LogP contribution >= 0.6 is 11.3 Å². The third-order valence-electron chi connectivity index (χ3n) is 3.94. The number of hydrogen-bond donors (Lipinski definition) is 0. The molecule has 23 heavy (non-hydrogen) atoms. The van der Waals surface area contributed by atoms with E-state index < -0.39 is 0 Å². The van der Waals surface area contributed by atoms with Gasteiger partial charge in [0, 0.05) is 28.1 Å². The SMILES string of the molecule is Cc1ccc(C(CCN(C)C)Oc2cccc3ccccc23)s1. The Balaban J connectivity index is 1.90. The number of aryl methyl sites for hydroxylation is 1. The van der Waals surface area contributed by atoms with Crippen LogP contribution in [-0.4, -0.2) is 25.5 Å². The number of rotatable bonds is 6. The van der Waals surface area contributed by atoms with Gasteiger partial charge in [-0.25, -0.2) is 0 Å². The lowest BCUT2D eigenvalue weighted by atomic mass is 10.1. The Morgan fingerprint density at radius 2 is 1.78 bits per heavy atom. The maximum atomic E-state index is 6.46. The topological polar surface area (TPSA) is 12.5 Å². The fraction of sp³-hybridized carbons (Fsp3) is 0.300. The summed E-state index contributed by atoms with van der Waals surface area (Å²) in [6.07, 6.45) is 1.08. The molecule has 1 atom stereocenters. The van der Waals surface area contributed by atoms with Gasteiger partial charge < -0.3 is 9.64 Å². The summed E-state index contributed by atoms with van der Waals surface area (Å²) < 4.78 is 6.46. The van der Waals surface area contributed by atoms with Crippen LogP contribution in [0.4, 0.5) is 0 Å². The van der Waals surface area contributed by atoms with Crippen LogP contribution in [0.5, 0.6) is 5.75 Å². The summed E-state index contributed by atoms with van der Waals surface area (Å²) in [4.78, 5) is 4.84. The molecule has 0 aliphatic heterocycles. The van der Waals surface area contributed by atoms with E-state index in [0.29, 0.717) is 0 Å². The quantitative estimate of drug-likeness (QED) is 0.611. The number of benzene rings is 2. The molecule has 3 heteroatoms. The van der Waals surface area contributed by atoms with Crippen LogP contribution < -0.4 is 4.74 Å². The molecule has 0 saturated carbocycles. The van der Waals surface area contributed by atoms with Crippen LogP contribution in [0.2, 0.25) is 0 Å². The average molecular weight is 325 g/mol. The van der Waals surface area contributed by atoms with Gasteiger partial charge in [0.1, 0.15) is 11.9 Å². The van der Waals surface area contributed by atoms with Crippen LogP contribution in [0.25, 0.3) is 10.8 Å². The van der Waals surface area contributed by atoms with E-state index in [1.165, 1.54) is 20.5 Å². The first-order valence-electron chi connectivity index (χ1n) is 7.99. The van der Waals surface area contributed by atoms with E-state index in [1.807, 2.05) is 11.3 Å². The lowest BCUT2D eigenvalue weighted by Crippen LogP contribution is -2.18. The summed E-state index contributed by atoms with van der Waals surface area (Å²) in [5, 5.41) is 2.40. The summed E-state index contributed by atoms with van der Waals surface area (Å²) in [6, 6.07) is 19.1. The van der Waals surface area contributed by atoms with Crippen LogP contribution in [0.15, 0.2) is 54.6 Å². The Morgan fingerprint density at radius 1 is 1.00 bits per heavy atom. The summed E-state index contributed by atoms with van der Waals surface area (Å²) in [5.74, 6) is 0.970. The Morgan fingerprint density at radius 3 is 2.52 bits per heavy atom. The number of fused-ring (bicyclic) bond motifs is 1. The number of thiophene rings is 1. The average Bonchev–Trinajstić information content (AvgIpc) is 2.97. The van der Waals surface area contributed by atoms with Gasteiger partial charge in [0.2, 0.25) is 0 Å². The minimum atomic E-state index is 0.0990. The van der Waals surface area contributed by atoms with Gasteiger partial charge in [0.25, 0.3) is 0 Å². The van der Waals surface area contributed by atoms with E-state index in [-0.39, 0.29) is 6.10 Å². The molecule has 0 N–H and O–H groups in total. The molecule has 0 amide bonds. The summed E-state index contributed by atoms with van der Waals surface area (Å²) in [5.41, 5.74) is 0. The molecule has 1 heterocycles. The van der Waals surface area contributed by atoms with Gasteiger partial charge in [-0.15, -0.1) is 11.3 Å². The van der Waals surface area contributed by atoms with E-state index in [2.05, 4.69) is 80.5 Å². The fourth-order valence-electron chi connectivity index (χ4n) is 2.71. The zero-order valence-electron chi connectivity index (χ0n) is 14.0. The third kappa shape index (κ3) is 3.92. The van der Waals surface area contributed by atoms with Crippen molar-refractivity contribution in [1.29, 1.82) is 0 Å². The molecular formula is C20H23NOS. The fourth-order valence-corrected chi connectivity index (χ4v) is 3.65. The van der Waals surface area contributed by atoms with Gasteiger partial charge in [-0.05, 0) is 44.6 Å². The first-order chi connectivity index (χ1) is 11.1. The van der Waals surface area contributed by atoms with Crippen molar-refractivity contribution in [3.63, 3.8) is 0 Å². The second-order valence-corrected chi connectivity index (χ2v) is 7.44. The van der Waals surface area contributed by atoms with Crippen molar-refractivity contribution in [1.82, 2.24) is 4.90 Å². The number of nitrogens with zero attached hydrogens (tertiary/aromatic N) is 1. The Labute approximate surface area is 142 Å². The van der Waals surface area contributed by atoms with Crippen LogP contribution in [0.3, 0.4) is 0 Å². The highest BCUT2D eigenvalue weighted by Gasteiger charge is 2.17. The van der Waals surface area contributed by atoms with Crippen molar-refractivity contribution >= 4 is 22.1 Å².